The molecule has 0 bridgehead atoms. The Morgan fingerprint density at radius 3 is 1.56 bits per heavy atom. The van der Waals surface area contributed by atoms with Crippen molar-refractivity contribution in [1.29, 1.82) is 0 Å². The molecule has 2 amide bonds. The smallest absolute Gasteiger partial charge is 0.231 e. The Hall–Kier alpha value is -0.440. The van der Waals surface area contributed by atoms with Crippen LogP contribution in [0, 0.1) is 0 Å². The maximum Gasteiger partial charge on any atom is 0.231 e. The molecule has 16 heavy (non-hydrogen) atoms. The molecule has 0 spiro atoms. The minimum Gasteiger partial charge on any atom is -0.369 e. The molecule has 0 saturated carbocycles. The lowest BCUT2D eigenvalue weighted by Crippen LogP contribution is -2.30. The summed E-state index contributed by atoms with van der Waals surface area (Å²) < 4.78 is 0. The molecule has 0 aromatic rings. The third kappa shape index (κ3) is 13.6. The van der Waals surface area contributed by atoms with E-state index in [-0.39, 0.29) is 24.9 Å². The van der Waals surface area contributed by atoms with Crippen molar-refractivity contribution < 1.29 is 9.59 Å². The summed E-state index contributed by atoms with van der Waals surface area (Å²) in [5.74, 6) is 1.14. The maximum absolute atomic E-state index is 10.4. The van der Waals surface area contributed by atoms with E-state index in [2.05, 4.69) is 10.6 Å². The van der Waals surface area contributed by atoms with E-state index in [0.29, 0.717) is 0 Å². The molecule has 0 heterocycles. The zero-order valence-corrected chi connectivity index (χ0v) is 10.7. The largest absolute Gasteiger partial charge is 0.369 e. The molecule has 6 N–H and O–H groups in total. The van der Waals surface area contributed by atoms with Gasteiger partial charge in [0.2, 0.25) is 11.8 Å². The number of rotatable bonds is 11. The Balaban J connectivity index is 2.98. The topological polar surface area (TPSA) is 110 Å². The summed E-state index contributed by atoms with van der Waals surface area (Å²) in [4.78, 5) is 20.7. The molecule has 0 aliphatic heterocycles. The Morgan fingerprint density at radius 2 is 1.25 bits per heavy atom. The minimum absolute atomic E-state index is 0.228. The van der Waals surface area contributed by atoms with E-state index in [1.807, 2.05) is 0 Å². The molecule has 0 radical (unpaired) electrons. The first-order chi connectivity index (χ1) is 7.63. The Labute approximate surface area is 103 Å². The highest BCUT2D eigenvalue weighted by Crippen LogP contribution is 2.18. The van der Waals surface area contributed by atoms with Crippen LogP contribution in [0.1, 0.15) is 0 Å². The first kappa shape index (κ1) is 15.6. The molecule has 0 aromatic heterocycles. The van der Waals surface area contributed by atoms with Gasteiger partial charge in [0.05, 0.1) is 13.1 Å². The Kier molecular flexibility index (Phi) is 10.8. The van der Waals surface area contributed by atoms with Crippen molar-refractivity contribution in [3.63, 3.8) is 0 Å². The van der Waals surface area contributed by atoms with Crippen molar-refractivity contribution in [2.45, 2.75) is 0 Å². The molecular weight excluding hydrogens is 248 g/mol. The van der Waals surface area contributed by atoms with Crippen LogP contribution in [0.15, 0.2) is 0 Å². The van der Waals surface area contributed by atoms with Crippen molar-refractivity contribution in [2.24, 2.45) is 11.5 Å². The lowest BCUT2D eigenvalue weighted by molar-refractivity contribution is -0.118. The van der Waals surface area contributed by atoms with Gasteiger partial charge < -0.3 is 22.1 Å². The highest BCUT2D eigenvalue weighted by molar-refractivity contribution is 8.76. The quantitative estimate of drug-likeness (QED) is 0.268. The second-order valence-corrected chi connectivity index (χ2v) is 5.63. The lowest BCUT2D eigenvalue weighted by atomic mass is 10.6. The minimum atomic E-state index is -0.340. The Bertz CT molecular complexity index is 194. The van der Waals surface area contributed by atoms with Crippen molar-refractivity contribution in [2.75, 3.05) is 37.7 Å². The van der Waals surface area contributed by atoms with Gasteiger partial charge in [0.15, 0.2) is 0 Å². The first-order valence-corrected chi connectivity index (χ1v) is 7.34. The fraction of sp³-hybridized carbons (Fsp3) is 0.750. The average Bonchev–Trinajstić information content (AvgIpc) is 2.20. The molecule has 0 aliphatic carbocycles. The number of carbonyl (C=O) groups is 2. The van der Waals surface area contributed by atoms with Gasteiger partial charge >= 0.3 is 0 Å². The van der Waals surface area contributed by atoms with E-state index in [4.69, 9.17) is 11.5 Å². The molecule has 0 fully saturated rings. The van der Waals surface area contributed by atoms with Gasteiger partial charge in [-0.1, -0.05) is 21.6 Å². The molecule has 0 rings (SSSR count). The molecular formula is C8H18N4O2S2. The van der Waals surface area contributed by atoms with Crippen LogP contribution < -0.4 is 22.1 Å². The molecule has 0 aromatic carbocycles. The molecule has 0 unspecified atom stereocenters. The molecule has 0 saturated heterocycles. The monoisotopic (exact) mass is 266 g/mol. The molecule has 94 valence electrons. The summed E-state index contributed by atoms with van der Waals surface area (Å²) in [6.45, 7) is 1.97. The number of hydrogen-bond donors (Lipinski definition) is 4. The van der Waals surface area contributed by atoms with Crippen molar-refractivity contribution in [1.82, 2.24) is 10.6 Å². The van der Waals surface area contributed by atoms with Crippen LogP contribution in [0.25, 0.3) is 0 Å². The average molecular weight is 266 g/mol. The van der Waals surface area contributed by atoms with Gasteiger partial charge in [0.1, 0.15) is 0 Å². The van der Waals surface area contributed by atoms with E-state index in [9.17, 15) is 9.59 Å². The van der Waals surface area contributed by atoms with Gasteiger partial charge in [-0.25, -0.2) is 0 Å². The van der Waals surface area contributed by atoms with Crippen LogP contribution in [0.2, 0.25) is 0 Å². The van der Waals surface area contributed by atoms with Crippen molar-refractivity contribution in [3.05, 3.63) is 0 Å². The summed E-state index contributed by atoms with van der Waals surface area (Å²) >= 11 is 0. The maximum atomic E-state index is 10.4. The zero-order chi connectivity index (χ0) is 12.2. The summed E-state index contributed by atoms with van der Waals surface area (Å²) in [5, 5.41) is 5.83. The summed E-state index contributed by atoms with van der Waals surface area (Å²) in [7, 11) is 3.42. The molecule has 8 heteroatoms. The van der Waals surface area contributed by atoms with Crippen molar-refractivity contribution >= 4 is 33.4 Å². The second-order valence-electron chi connectivity index (χ2n) is 2.93. The summed E-state index contributed by atoms with van der Waals surface area (Å²) in [6, 6.07) is 0. The van der Waals surface area contributed by atoms with Crippen LogP contribution >= 0.6 is 21.6 Å². The number of nitrogens with one attached hydrogen (secondary N) is 2. The number of amides is 2. The van der Waals surface area contributed by atoms with Crippen LogP contribution in [-0.2, 0) is 9.59 Å². The third-order valence-electron chi connectivity index (χ3n) is 1.41. The number of carbonyl (C=O) groups excluding carboxylic acids is 2. The van der Waals surface area contributed by atoms with E-state index in [1.165, 1.54) is 0 Å². The predicted octanol–water partition coefficient (Wildman–Crippen LogP) is -1.48. The SMILES string of the molecule is NC(=O)CNCCSSCCNCC(N)=O. The summed E-state index contributed by atoms with van der Waals surface area (Å²) in [5.41, 5.74) is 9.91. The second kappa shape index (κ2) is 11.1. The van der Waals surface area contributed by atoms with Gasteiger partial charge in [0.25, 0.3) is 0 Å². The predicted molar refractivity (Wildman–Crippen MR) is 69.0 cm³/mol. The van der Waals surface area contributed by atoms with Gasteiger partial charge in [-0.05, 0) is 0 Å². The van der Waals surface area contributed by atoms with Gasteiger partial charge in [-0.15, -0.1) is 0 Å². The highest BCUT2D eigenvalue weighted by atomic mass is 33.1. The van der Waals surface area contributed by atoms with Crippen molar-refractivity contribution in [3.8, 4) is 0 Å². The fourth-order valence-electron chi connectivity index (χ4n) is 0.769. The number of nitrogens with two attached hydrogens (primary N) is 2. The fourth-order valence-corrected chi connectivity index (χ4v) is 2.67. The summed E-state index contributed by atoms with van der Waals surface area (Å²) in [6.07, 6.45) is 0. The third-order valence-corrected chi connectivity index (χ3v) is 3.81. The van der Waals surface area contributed by atoms with Crippen LogP contribution in [-0.4, -0.2) is 49.5 Å². The normalized spacial score (nSPS) is 10.2. The van der Waals surface area contributed by atoms with E-state index in [0.717, 1.165) is 24.6 Å². The van der Waals surface area contributed by atoms with E-state index in [1.54, 1.807) is 21.6 Å². The van der Waals surface area contributed by atoms with Crippen LogP contribution in [0.3, 0.4) is 0 Å². The van der Waals surface area contributed by atoms with E-state index >= 15 is 0 Å². The highest BCUT2D eigenvalue weighted by Gasteiger charge is 1.95. The lowest BCUT2D eigenvalue weighted by Gasteiger charge is -2.03. The molecule has 0 atom stereocenters. The van der Waals surface area contributed by atoms with Gasteiger partial charge in [0, 0.05) is 24.6 Å². The Morgan fingerprint density at radius 1 is 0.875 bits per heavy atom. The van der Waals surface area contributed by atoms with Gasteiger partial charge in [-0.3, -0.25) is 9.59 Å². The number of hydrogen-bond acceptors (Lipinski definition) is 6. The zero-order valence-electron chi connectivity index (χ0n) is 9.03. The van der Waals surface area contributed by atoms with Crippen LogP contribution in [0.5, 0.6) is 0 Å². The van der Waals surface area contributed by atoms with Gasteiger partial charge in [-0.2, -0.15) is 0 Å². The number of primary amides is 2. The van der Waals surface area contributed by atoms with E-state index < -0.39 is 0 Å². The molecule has 0 aliphatic rings. The molecule has 6 nitrogen and oxygen atoms in total. The first-order valence-electron chi connectivity index (χ1n) is 4.85. The van der Waals surface area contributed by atoms with Crippen LogP contribution in [0.4, 0.5) is 0 Å². The standard InChI is InChI=1S/C8H18N4O2S2/c9-7(13)5-11-1-3-15-16-4-2-12-6-8(10)14/h11-12H,1-6H2,(H2,9,13)(H2,10,14).